The number of nitrogens with zero attached hydrogens (tertiary/aromatic N) is 2. The van der Waals surface area contributed by atoms with E-state index in [1.165, 1.54) is 6.42 Å². The molecule has 16 nitrogen and oxygen atoms in total. The fourth-order valence-electron chi connectivity index (χ4n) is 4.68. The van der Waals surface area contributed by atoms with Crippen LogP contribution in [0.25, 0.3) is 0 Å². The quantitative estimate of drug-likeness (QED) is 0.0375. The Morgan fingerprint density at radius 3 is 2.12 bits per heavy atom. The molecule has 3 atom stereocenters. The van der Waals surface area contributed by atoms with Crippen LogP contribution in [0.4, 0.5) is 0 Å². The minimum absolute atomic E-state index is 0.0807. The molecule has 16 heteroatoms. The standard InChI is InChI=1S/C27H44N4O12/c1-2-3-4-5-6-7-8-10-21(33)30(43)16-9-14-29-23(35)18(24(36)37)17-20(32)28-15-12-19(25(38)39)31-22(34)11-13-27(31,42)26(40)41/h18-19,42-43H,2-17H2,1H3,(H,28,32)(H,29,35)(H,36,37)(H,38,39)(H,40,41)/t18-,19+,27-/m1/s1. The van der Waals surface area contributed by atoms with Crippen molar-refractivity contribution in [2.45, 2.75) is 102 Å². The molecule has 0 aliphatic carbocycles. The molecular formula is C27H44N4O12. The highest BCUT2D eigenvalue weighted by Gasteiger charge is 2.54. The predicted octanol–water partition coefficient (Wildman–Crippen LogP) is 0.297. The zero-order valence-corrected chi connectivity index (χ0v) is 24.5. The molecule has 0 bridgehead atoms. The lowest BCUT2D eigenvalue weighted by Gasteiger charge is -2.34. The topological polar surface area (TPSA) is 251 Å². The summed E-state index contributed by atoms with van der Waals surface area (Å²) in [6.07, 6.45) is 5.26. The number of amides is 4. The van der Waals surface area contributed by atoms with Crippen LogP contribution in [0.3, 0.4) is 0 Å². The zero-order valence-electron chi connectivity index (χ0n) is 24.5. The number of carbonyl (C=O) groups is 7. The molecule has 1 heterocycles. The van der Waals surface area contributed by atoms with Gasteiger partial charge in [0.1, 0.15) is 12.0 Å². The van der Waals surface area contributed by atoms with Crippen LogP contribution in [0.15, 0.2) is 0 Å². The number of carboxylic acid groups (broad SMARTS) is 3. The third-order valence-electron chi connectivity index (χ3n) is 7.17. The van der Waals surface area contributed by atoms with Gasteiger partial charge < -0.3 is 31.1 Å². The molecule has 0 aromatic heterocycles. The van der Waals surface area contributed by atoms with Gasteiger partial charge in [-0.3, -0.25) is 34.1 Å². The van der Waals surface area contributed by atoms with Crippen molar-refractivity contribution in [2.75, 3.05) is 19.6 Å². The third-order valence-corrected chi connectivity index (χ3v) is 7.17. The fraction of sp³-hybridized carbons (Fsp3) is 0.741. The first-order chi connectivity index (χ1) is 20.3. The van der Waals surface area contributed by atoms with E-state index >= 15 is 0 Å². The van der Waals surface area contributed by atoms with Crippen molar-refractivity contribution < 1.29 is 59.2 Å². The smallest absolute Gasteiger partial charge is 0.357 e. The molecule has 0 aromatic rings. The van der Waals surface area contributed by atoms with E-state index < -0.39 is 85.0 Å². The van der Waals surface area contributed by atoms with Crippen molar-refractivity contribution in [1.82, 2.24) is 20.6 Å². The summed E-state index contributed by atoms with van der Waals surface area (Å²) in [5.41, 5.74) is -2.72. The monoisotopic (exact) mass is 616 g/mol. The normalized spacial score (nSPS) is 17.7. The van der Waals surface area contributed by atoms with Gasteiger partial charge in [0, 0.05) is 38.8 Å². The van der Waals surface area contributed by atoms with Crippen molar-refractivity contribution >= 4 is 41.5 Å². The molecule has 1 saturated heterocycles. The molecule has 244 valence electrons. The molecule has 0 spiro atoms. The minimum Gasteiger partial charge on any atom is -0.481 e. The van der Waals surface area contributed by atoms with Gasteiger partial charge in [0.2, 0.25) is 29.4 Å². The second-order valence-electron chi connectivity index (χ2n) is 10.5. The fourth-order valence-corrected chi connectivity index (χ4v) is 4.68. The Kier molecular flexibility index (Phi) is 16.2. The summed E-state index contributed by atoms with van der Waals surface area (Å²) in [7, 11) is 0. The highest BCUT2D eigenvalue weighted by molar-refractivity contribution is 6.00. The number of aliphatic hydroxyl groups is 1. The highest BCUT2D eigenvalue weighted by atomic mass is 16.5. The van der Waals surface area contributed by atoms with Crippen LogP contribution in [0.5, 0.6) is 0 Å². The largest absolute Gasteiger partial charge is 0.481 e. The van der Waals surface area contributed by atoms with Gasteiger partial charge in [-0.15, -0.1) is 0 Å². The van der Waals surface area contributed by atoms with E-state index in [-0.39, 0.29) is 32.4 Å². The molecule has 1 aliphatic heterocycles. The van der Waals surface area contributed by atoms with E-state index in [2.05, 4.69) is 17.6 Å². The van der Waals surface area contributed by atoms with Gasteiger partial charge in [-0.05, 0) is 19.3 Å². The third kappa shape index (κ3) is 12.2. The number of likely N-dealkylation sites (tertiary alicyclic amines) is 1. The summed E-state index contributed by atoms with van der Waals surface area (Å²) in [6.45, 7) is 1.53. The number of hydroxylamine groups is 2. The number of aliphatic carboxylic acids is 3. The summed E-state index contributed by atoms with van der Waals surface area (Å²) < 4.78 is 0. The average Bonchev–Trinajstić information content (AvgIpc) is 3.25. The predicted molar refractivity (Wildman–Crippen MR) is 147 cm³/mol. The van der Waals surface area contributed by atoms with E-state index in [0.29, 0.717) is 16.4 Å². The van der Waals surface area contributed by atoms with E-state index in [1.54, 1.807) is 0 Å². The summed E-state index contributed by atoms with van der Waals surface area (Å²) in [4.78, 5) is 83.9. The van der Waals surface area contributed by atoms with Gasteiger partial charge in [0.25, 0.3) is 0 Å². The van der Waals surface area contributed by atoms with Crippen LogP contribution in [0.1, 0.15) is 90.4 Å². The van der Waals surface area contributed by atoms with E-state index in [0.717, 1.165) is 32.1 Å². The summed E-state index contributed by atoms with van der Waals surface area (Å²) >= 11 is 0. The van der Waals surface area contributed by atoms with Crippen LogP contribution < -0.4 is 10.6 Å². The molecule has 43 heavy (non-hydrogen) atoms. The Morgan fingerprint density at radius 1 is 0.907 bits per heavy atom. The Balaban J connectivity index is 2.46. The maximum absolute atomic E-state index is 12.4. The highest BCUT2D eigenvalue weighted by Crippen LogP contribution is 2.31. The van der Waals surface area contributed by atoms with Crippen molar-refractivity contribution in [3.63, 3.8) is 0 Å². The van der Waals surface area contributed by atoms with Crippen LogP contribution >= 0.6 is 0 Å². The van der Waals surface area contributed by atoms with Crippen LogP contribution in [-0.2, 0) is 33.6 Å². The Morgan fingerprint density at radius 2 is 1.53 bits per heavy atom. The lowest BCUT2D eigenvalue weighted by Crippen LogP contribution is -2.59. The number of hydrogen-bond acceptors (Lipinski definition) is 9. The second kappa shape index (κ2) is 18.7. The Labute approximate surface area is 249 Å². The molecule has 0 radical (unpaired) electrons. The number of rotatable bonds is 22. The molecule has 7 N–H and O–H groups in total. The molecule has 4 amide bonds. The lowest BCUT2D eigenvalue weighted by atomic mass is 10.0. The first-order valence-electron chi connectivity index (χ1n) is 14.5. The molecule has 1 aliphatic rings. The van der Waals surface area contributed by atoms with Gasteiger partial charge in [-0.2, -0.15) is 0 Å². The number of unbranched alkanes of at least 4 members (excludes halogenated alkanes) is 6. The summed E-state index contributed by atoms with van der Waals surface area (Å²) in [5, 5.41) is 53.5. The van der Waals surface area contributed by atoms with Gasteiger partial charge in [-0.25, -0.2) is 14.7 Å². The van der Waals surface area contributed by atoms with Crippen molar-refractivity contribution in [3.05, 3.63) is 0 Å². The van der Waals surface area contributed by atoms with Gasteiger partial charge in [0.15, 0.2) is 0 Å². The first-order valence-corrected chi connectivity index (χ1v) is 14.5. The van der Waals surface area contributed by atoms with Crippen LogP contribution in [0.2, 0.25) is 0 Å². The molecular weight excluding hydrogens is 572 g/mol. The second-order valence-corrected chi connectivity index (χ2v) is 10.5. The molecule has 0 aromatic carbocycles. The Bertz CT molecular complexity index is 1010. The van der Waals surface area contributed by atoms with E-state index in [4.69, 9.17) is 0 Å². The SMILES string of the molecule is CCCCCCCCCC(=O)N(O)CCCNC(=O)[C@@H](CC(=O)NCC[C@@H](C(=O)O)N1C(=O)CC[C@@]1(O)C(=O)O)C(=O)O. The molecule has 1 fully saturated rings. The van der Waals surface area contributed by atoms with Crippen molar-refractivity contribution in [2.24, 2.45) is 5.92 Å². The number of carboxylic acids is 3. The minimum atomic E-state index is -2.72. The first kappa shape index (κ1) is 37.2. The maximum atomic E-state index is 12.4. The maximum Gasteiger partial charge on any atom is 0.357 e. The van der Waals surface area contributed by atoms with Crippen LogP contribution in [-0.4, -0.2) is 109 Å². The summed E-state index contributed by atoms with van der Waals surface area (Å²) in [6, 6.07) is -1.79. The van der Waals surface area contributed by atoms with Gasteiger partial charge in [0.05, 0.1) is 6.54 Å². The molecule has 0 saturated carbocycles. The van der Waals surface area contributed by atoms with Gasteiger partial charge >= 0.3 is 17.9 Å². The van der Waals surface area contributed by atoms with E-state index in [1.807, 2.05) is 0 Å². The Hall–Kier alpha value is -3.79. The van der Waals surface area contributed by atoms with Crippen molar-refractivity contribution in [1.29, 1.82) is 0 Å². The van der Waals surface area contributed by atoms with Crippen LogP contribution in [0, 0.1) is 5.92 Å². The molecule has 0 unspecified atom stereocenters. The summed E-state index contributed by atoms with van der Waals surface area (Å²) in [5.74, 6) is -10.1. The average molecular weight is 617 g/mol. The van der Waals surface area contributed by atoms with E-state index in [9.17, 15) is 59.2 Å². The number of nitrogens with one attached hydrogen (secondary N) is 2. The number of carbonyl (C=O) groups excluding carboxylic acids is 4. The van der Waals surface area contributed by atoms with Crippen molar-refractivity contribution in [3.8, 4) is 0 Å². The zero-order chi connectivity index (χ0) is 32.6. The number of hydrogen-bond donors (Lipinski definition) is 7. The molecule has 1 rings (SSSR count). The van der Waals surface area contributed by atoms with Gasteiger partial charge in [-0.1, -0.05) is 45.4 Å². The lowest BCUT2D eigenvalue weighted by molar-refractivity contribution is -0.188.